The Kier molecular flexibility index (Phi) is 5.82. The molecule has 1 aliphatic rings. The fourth-order valence-electron chi connectivity index (χ4n) is 2.86. The van der Waals surface area contributed by atoms with E-state index in [2.05, 4.69) is 0 Å². The third-order valence-corrected chi connectivity index (χ3v) is 4.55. The van der Waals surface area contributed by atoms with Crippen LogP contribution in [-0.2, 0) is 16.0 Å². The smallest absolute Gasteiger partial charge is 0.394 e. The number of methoxy groups -OCH3 is 1. The molecule has 1 heterocycles. The summed E-state index contributed by atoms with van der Waals surface area (Å²) < 4.78 is 43.9. The molecule has 0 spiro atoms. The maximum atomic E-state index is 12.9. The minimum Gasteiger partial charge on any atom is -0.495 e. The van der Waals surface area contributed by atoms with Gasteiger partial charge in [0, 0.05) is 19.5 Å². The van der Waals surface area contributed by atoms with Crippen molar-refractivity contribution < 1.29 is 32.6 Å². The lowest BCUT2D eigenvalue weighted by atomic mass is 9.96. The summed E-state index contributed by atoms with van der Waals surface area (Å²) in [6, 6.07) is 4.97. The van der Waals surface area contributed by atoms with Crippen LogP contribution >= 0.6 is 11.6 Å². The highest BCUT2D eigenvalue weighted by Gasteiger charge is 2.53. The molecule has 0 aromatic heterocycles. The van der Waals surface area contributed by atoms with Gasteiger partial charge < -0.3 is 14.7 Å². The maximum absolute atomic E-state index is 12.9. The number of carbonyl (C=O) groups excluding carboxylic acids is 1. The Morgan fingerprint density at radius 3 is 2.52 bits per heavy atom. The highest BCUT2D eigenvalue weighted by molar-refractivity contribution is 6.32. The molecule has 1 fully saturated rings. The number of hydrogen-bond donors (Lipinski definition) is 1. The summed E-state index contributed by atoms with van der Waals surface area (Å²) in [4.78, 5) is 24.2. The van der Waals surface area contributed by atoms with Gasteiger partial charge in [0.1, 0.15) is 5.75 Å². The molecule has 1 aromatic rings. The van der Waals surface area contributed by atoms with E-state index in [9.17, 15) is 22.8 Å². The second-order valence-corrected chi connectivity index (χ2v) is 6.27. The normalized spacial score (nSPS) is 20.6. The lowest BCUT2D eigenvalue weighted by Crippen LogP contribution is -2.34. The van der Waals surface area contributed by atoms with E-state index in [-0.39, 0.29) is 12.8 Å². The molecule has 0 radical (unpaired) electrons. The van der Waals surface area contributed by atoms with Crippen molar-refractivity contribution in [3.63, 3.8) is 0 Å². The standard InChI is InChI=1S/C16H17ClF3NO4/c1-25-13-4-2-9(6-12(13)17)3-5-14(22)21-7-10(15(23)24)11(8-21)16(18,19)20/h2,4,6,10-11H,3,5,7-8H2,1H3,(H,23,24)/t10-,11-/m1/s1. The molecule has 1 aromatic carbocycles. The maximum Gasteiger partial charge on any atom is 0.394 e. The van der Waals surface area contributed by atoms with Gasteiger partial charge in [-0.05, 0) is 24.1 Å². The van der Waals surface area contributed by atoms with Crippen molar-refractivity contribution in [2.45, 2.75) is 19.0 Å². The number of hydrogen-bond acceptors (Lipinski definition) is 3. The number of aryl methyl sites for hydroxylation is 1. The Bertz CT molecular complexity index is 665. The van der Waals surface area contributed by atoms with Crippen molar-refractivity contribution in [2.75, 3.05) is 20.2 Å². The molecule has 9 heteroatoms. The number of carboxylic acid groups (broad SMARTS) is 1. The second kappa shape index (κ2) is 7.51. The number of likely N-dealkylation sites (tertiary alicyclic amines) is 1. The lowest BCUT2D eigenvalue weighted by Gasteiger charge is -2.18. The number of ether oxygens (including phenoxy) is 1. The summed E-state index contributed by atoms with van der Waals surface area (Å²) in [6.07, 6.45) is -4.39. The van der Waals surface area contributed by atoms with Crippen LogP contribution in [0.3, 0.4) is 0 Å². The molecule has 0 bridgehead atoms. The van der Waals surface area contributed by atoms with Crippen LogP contribution in [0.25, 0.3) is 0 Å². The van der Waals surface area contributed by atoms with Crippen molar-refractivity contribution in [3.05, 3.63) is 28.8 Å². The first-order chi connectivity index (χ1) is 11.6. The third kappa shape index (κ3) is 4.56. The van der Waals surface area contributed by atoms with Crippen LogP contribution in [-0.4, -0.2) is 48.3 Å². The summed E-state index contributed by atoms with van der Waals surface area (Å²) in [5.74, 6) is -5.23. The van der Waals surface area contributed by atoms with E-state index in [1.165, 1.54) is 7.11 Å². The number of carboxylic acids is 1. The van der Waals surface area contributed by atoms with Crippen LogP contribution in [0.5, 0.6) is 5.75 Å². The van der Waals surface area contributed by atoms with E-state index >= 15 is 0 Å². The van der Waals surface area contributed by atoms with Gasteiger partial charge in [0.05, 0.1) is 24.0 Å². The Hall–Kier alpha value is -1.96. The number of nitrogens with zero attached hydrogens (tertiary/aromatic N) is 1. The van der Waals surface area contributed by atoms with Gasteiger partial charge in [-0.3, -0.25) is 9.59 Å². The van der Waals surface area contributed by atoms with Crippen LogP contribution in [0, 0.1) is 11.8 Å². The van der Waals surface area contributed by atoms with Crippen molar-refractivity contribution in [1.82, 2.24) is 4.90 Å². The fraction of sp³-hybridized carbons (Fsp3) is 0.500. The first-order valence-electron chi connectivity index (χ1n) is 7.53. The monoisotopic (exact) mass is 379 g/mol. The van der Waals surface area contributed by atoms with Crippen molar-refractivity contribution in [3.8, 4) is 5.75 Å². The van der Waals surface area contributed by atoms with Crippen molar-refractivity contribution in [1.29, 1.82) is 0 Å². The van der Waals surface area contributed by atoms with Gasteiger partial charge in [-0.15, -0.1) is 0 Å². The van der Waals surface area contributed by atoms with Crippen LogP contribution in [0.2, 0.25) is 5.02 Å². The molecule has 138 valence electrons. The topological polar surface area (TPSA) is 66.8 Å². The number of aliphatic carboxylic acids is 1. The summed E-state index contributed by atoms with van der Waals surface area (Å²) in [5.41, 5.74) is 0.737. The van der Waals surface area contributed by atoms with E-state index in [1.807, 2.05) is 0 Å². The molecule has 2 rings (SSSR count). The molecule has 2 atom stereocenters. The molecule has 1 N–H and O–H groups in total. The number of alkyl halides is 3. The van der Waals surface area contributed by atoms with Gasteiger partial charge in [0.15, 0.2) is 0 Å². The highest BCUT2D eigenvalue weighted by atomic mass is 35.5. The van der Waals surface area contributed by atoms with E-state index in [1.54, 1.807) is 18.2 Å². The van der Waals surface area contributed by atoms with E-state index in [0.717, 1.165) is 10.5 Å². The number of carbonyl (C=O) groups is 2. The first kappa shape index (κ1) is 19.4. The Morgan fingerprint density at radius 2 is 2.04 bits per heavy atom. The number of benzene rings is 1. The summed E-state index contributed by atoms with van der Waals surface area (Å²) in [7, 11) is 1.47. The third-order valence-electron chi connectivity index (χ3n) is 4.25. The lowest BCUT2D eigenvalue weighted by molar-refractivity contribution is -0.188. The molecule has 0 saturated carbocycles. The largest absolute Gasteiger partial charge is 0.495 e. The molecule has 25 heavy (non-hydrogen) atoms. The van der Waals surface area contributed by atoms with Crippen LogP contribution in [0.1, 0.15) is 12.0 Å². The van der Waals surface area contributed by atoms with Crippen molar-refractivity contribution in [2.24, 2.45) is 11.8 Å². The average Bonchev–Trinajstić information content (AvgIpc) is 2.98. The molecule has 0 aliphatic carbocycles. The molecule has 1 saturated heterocycles. The number of amides is 1. The van der Waals surface area contributed by atoms with E-state index < -0.39 is 43.0 Å². The minimum atomic E-state index is -4.65. The second-order valence-electron chi connectivity index (χ2n) is 5.86. The SMILES string of the molecule is COc1ccc(CCC(=O)N2C[C@@H](C(F)(F)F)[C@H](C(=O)O)C2)cc1Cl. The zero-order chi connectivity index (χ0) is 18.8. The predicted octanol–water partition coefficient (Wildman–Crippen LogP) is 3.00. The van der Waals surface area contributed by atoms with Gasteiger partial charge in [0.25, 0.3) is 0 Å². The Balaban J connectivity index is 1.99. The zero-order valence-electron chi connectivity index (χ0n) is 13.3. The van der Waals surface area contributed by atoms with Crippen LogP contribution in [0.4, 0.5) is 13.2 Å². The van der Waals surface area contributed by atoms with Crippen LogP contribution in [0.15, 0.2) is 18.2 Å². The van der Waals surface area contributed by atoms with Gasteiger partial charge >= 0.3 is 12.1 Å². The molecule has 0 unspecified atom stereocenters. The van der Waals surface area contributed by atoms with E-state index in [0.29, 0.717) is 10.8 Å². The molecule has 1 amide bonds. The Morgan fingerprint density at radius 1 is 1.36 bits per heavy atom. The molecule has 5 nitrogen and oxygen atoms in total. The molecular formula is C16H17ClF3NO4. The average molecular weight is 380 g/mol. The quantitative estimate of drug-likeness (QED) is 0.854. The van der Waals surface area contributed by atoms with Gasteiger partial charge in [-0.1, -0.05) is 17.7 Å². The highest BCUT2D eigenvalue weighted by Crippen LogP contribution is 2.38. The van der Waals surface area contributed by atoms with Crippen LogP contribution < -0.4 is 4.74 Å². The van der Waals surface area contributed by atoms with Gasteiger partial charge in [-0.25, -0.2) is 0 Å². The van der Waals surface area contributed by atoms with Crippen molar-refractivity contribution >= 4 is 23.5 Å². The fourth-order valence-corrected chi connectivity index (χ4v) is 3.14. The number of halogens is 4. The van der Waals surface area contributed by atoms with E-state index in [4.69, 9.17) is 21.4 Å². The molecule has 1 aliphatic heterocycles. The summed E-state index contributed by atoms with van der Waals surface area (Å²) in [5, 5.41) is 9.34. The van der Waals surface area contributed by atoms with Gasteiger partial charge in [0.2, 0.25) is 5.91 Å². The summed E-state index contributed by atoms with van der Waals surface area (Å²) >= 11 is 5.98. The Labute approximate surface area is 147 Å². The number of rotatable bonds is 5. The summed E-state index contributed by atoms with van der Waals surface area (Å²) in [6.45, 7) is -1.05. The zero-order valence-corrected chi connectivity index (χ0v) is 14.1. The predicted molar refractivity (Wildman–Crippen MR) is 83.6 cm³/mol. The van der Waals surface area contributed by atoms with Gasteiger partial charge in [-0.2, -0.15) is 13.2 Å². The molecular weight excluding hydrogens is 363 g/mol. The first-order valence-corrected chi connectivity index (χ1v) is 7.91. The minimum absolute atomic E-state index is 0.0282.